The lowest BCUT2D eigenvalue weighted by atomic mass is 10.3. The summed E-state index contributed by atoms with van der Waals surface area (Å²) in [5.74, 6) is -0.0605. The molecule has 0 bridgehead atoms. The SMILES string of the molecule is O=C(COc1ccc(S(=O)(=O)Nc2ccc(Cl)c(Cl)c2)cc1)NCCO. The number of carbonyl (C=O) groups excluding carboxylic acids is 1. The first-order chi connectivity index (χ1) is 12.3. The highest BCUT2D eigenvalue weighted by Crippen LogP contribution is 2.26. The fourth-order valence-electron chi connectivity index (χ4n) is 1.88. The smallest absolute Gasteiger partial charge is 0.261 e. The van der Waals surface area contributed by atoms with Crippen molar-refractivity contribution in [3.05, 3.63) is 52.5 Å². The van der Waals surface area contributed by atoms with E-state index in [2.05, 4.69) is 10.0 Å². The number of amides is 1. The number of sulfonamides is 1. The van der Waals surface area contributed by atoms with Crippen molar-refractivity contribution in [2.24, 2.45) is 0 Å². The van der Waals surface area contributed by atoms with Crippen LogP contribution in [0.2, 0.25) is 10.0 Å². The molecule has 0 fully saturated rings. The number of rotatable bonds is 8. The first kappa shape index (κ1) is 20.3. The Balaban J connectivity index is 2.01. The third-order valence-corrected chi connectivity index (χ3v) is 5.25. The summed E-state index contributed by atoms with van der Waals surface area (Å²) in [6.07, 6.45) is 0. The van der Waals surface area contributed by atoms with Gasteiger partial charge in [-0.25, -0.2) is 8.42 Å². The van der Waals surface area contributed by atoms with E-state index in [4.69, 9.17) is 33.0 Å². The zero-order chi connectivity index (χ0) is 19.2. The average molecular weight is 419 g/mol. The fourth-order valence-corrected chi connectivity index (χ4v) is 3.23. The number of ether oxygens (including phenoxy) is 1. The molecule has 0 radical (unpaired) electrons. The van der Waals surface area contributed by atoms with Crippen molar-refractivity contribution in [1.82, 2.24) is 5.32 Å². The van der Waals surface area contributed by atoms with Crippen LogP contribution in [0.15, 0.2) is 47.4 Å². The summed E-state index contributed by atoms with van der Waals surface area (Å²) >= 11 is 11.7. The van der Waals surface area contributed by atoms with Gasteiger partial charge in [-0.1, -0.05) is 23.2 Å². The minimum absolute atomic E-state index is 0.0145. The third-order valence-electron chi connectivity index (χ3n) is 3.11. The molecule has 0 saturated carbocycles. The Morgan fingerprint density at radius 3 is 2.38 bits per heavy atom. The average Bonchev–Trinajstić information content (AvgIpc) is 2.61. The second-order valence-corrected chi connectivity index (χ2v) is 7.56. The molecule has 0 atom stereocenters. The fraction of sp³-hybridized carbons (Fsp3) is 0.188. The Bertz CT molecular complexity index is 873. The largest absolute Gasteiger partial charge is 0.484 e. The van der Waals surface area contributed by atoms with E-state index >= 15 is 0 Å². The van der Waals surface area contributed by atoms with Crippen molar-refractivity contribution < 1.29 is 23.1 Å². The van der Waals surface area contributed by atoms with Crippen LogP contribution < -0.4 is 14.8 Å². The quantitative estimate of drug-likeness (QED) is 0.609. The number of carbonyl (C=O) groups is 1. The monoisotopic (exact) mass is 418 g/mol. The Labute approximate surface area is 160 Å². The molecule has 2 rings (SSSR count). The van der Waals surface area contributed by atoms with Crippen LogP contribution in [0.5, 0.6) is 5.75 Å². The number of halogens is 2. The Morgan fingerprint density at radius 1 is 1.08 bits per heavy atom. The summed E-state index contributed by atoms with van der Waals surface area (Å²) in [5.41, 5.74) is 0.278. The zero-order valence-electron chi connectivity index (χ0n) is 13.4. The molecule has 2 aromatic rings. The van der Waals surface area contributed by atoms with E-state index in [1.807, 2.05) is 0 Å². The van der Waals surface area contributed by atoms with E-state index in [0.29, 0.717) is 10.8 Å². The Morgan fingerprint density at radius 2 is 1.77 bits per heavy atom. The normalized spacial score (nSPS) is 11.0. The molecule has 0 unspecified atom stereocenters. The van der Waals surface area contributed by atoms with Crippen molar-refractivity contribution in [3.63, 3.8) is 0 Å². The molecule has 7 nitrogen and oxygen atoms in total. The minimum atomic E-state index is -3.82. The van der Waals surface area contributed by atoms with Gasteiger partial charge in [0.2, 0.25) is 0 Å². The van der Waals surface area contributed by atoms with Gasteiger partial charge < -0.3 is 15.2 Å². The van der Waals surface area contributed by atoms with Crippen molar-refractivity contribution in [2.75, 3.05) is 24.5 Å². The van der Waals surface area contributed by atoms with Crippen LogP contribution in [0.4, 0.5) is 5.69 Å². The highest BCUT2D eigenvalue weighted by Gasteiger charge is 2.15. The number of hydrogen-bond acceptors (Lipinski definition) is 5. The standard InChI is InChI=1S/C16H16Cl2N2O5S/c17-14-6-1-11(9-15(14)18)20-26(23,24)13-4-2-12(3-5-13)25-10-16(22)19-7-8-21/h1-6,9,20-21H,7-8,10H2,(H,19,22). The van der Waals surface area contributed by atoms with E-state index < -0.39 is 15.9 Å². The van der Waals surface area contributed by atoms with E-state index in [-0.39, 0.29) is 35.4 Å². The van der Waals surface area contributed by atoms with Crippen LogP contribution in [0.25, 0.3) is 0 Å². The molecule has 10 heteroatoms. The van der Waals surface area contributed by atoms with Crippen molar-refractivity contribution in [1.29, 1.82) is 0 Å². The van der Waals surface area contributed by atoms with E-state index in [0.717, 1.165) is 0 Å². The van der Waals surface area contributed by atoms with Crippen LogP contribution in [-0.2, 0) is 14.8 Å². The predicted octanol–water partition coefficient (Wildman–Crippen LogP) is 2.28. The highest BCUT2D eigenvalue weighted by atomic mass is 35.5. The molecule has 2 aromatic carbocycles. The lowest BCUT2D eigenvalue weighted by Crippen LogP contribution is -2.31. The number of aliphatic hydroxyl groups is 1. The van der Waals surface area contributed by atoms with Gasteiger partial charge >= 0.3 is 0 Å². The molecular formula is C16H16Cl2N2O5S. The molecule has 0 aromatic heterocycles. The molecular weight excluding hydrogens is 403 g/mol. The van der Waals surface area contributed by atoms with Crippen LogP contribution in [0, 0.1) is 0 Å². The van der Waals surface area contributed by atoms with Crippen LogP contribution >= 0.6 is 23.2 Å². The van der Waals surface area contributed by atoms with Crippen molar-refractivity contribution in [2.45, 2.75) is 4.90 Å². The van der Waals surface area contributed by atoms with Gasteiger partial charge in [-0.15, -0.1) is 0 Å². The van der Waals surface area contributed by atoms with Crippen LogP contribution in [-0.4, -0.2) is 39.2 Å². The first-order valence-electron chi connectivity index (χ1n) is 7.40. The van der Waals surface area contributed by atoms with Gasteiger partial charge in [-0.3, -0.25) is 9.52 Å². The van der Waals surface area contributed by atoms with Crippen molar-refractivity contribution >= 4 is 44.8 Å². The molecule has 0 saturated heterocycles. The Kier molecular flexibility index (Phi) is 7.10. The summed E-state index contributed by atoms with van der Waals surface area (Å²) in [7, 11) is -3.82. The van der Waals surface area contributed by atoms with Crippen LogP contribution in [0.1, 0.15) is 0 Å². The molecule has 140 valence electrons. The summed E-state index contributed by atoms with van der Waals surface area (Å²) in [6, 6.07) is 9.95. The number of hydrogen-bond donors (Lipinski definition) is 3. The second kappa shape index (κ2) is 9.09. The summed E-state index contributed by atoms with van der Waals surface area (Å²) in [6.45, 7) is -0.266. The molecule has 0 aliphatic rings. The molecule has 26 heavy (non-hydrogen) atoms. The van der Waals surface area contributed by atoms with Crippen LogP contribution in [0.3, 0.4) is 0 Å². The number of anilines is 1. The van der Waals surface area contributed by atoms with Gasteiger partial charge in [-0.05, 0) is 42.5 Å². The predicted molar refractivity (Wildman–Crippen MR) is 99.3 cm³/mol. The van der Waals surface area contributed by atoms with Gasteiger partial charge in [0, 0.05) is 6.54 Å². The van der Waals surface area contributed by atoms with Gasteiger partial charge in [0.15, 0.2) is 6.61 Å². The maximum Gasteiger partial charge on any atom is 0.261 e. The van der Waals surface area contributed by atoms with E-state index in [1.54, 1.807) is 0 Å². The first-order valence-corrected chi connectivity index (χ1v) is 9.64. The van der Waals surface area contributed by atoms with Gasteiger partial charge in [0.1, 0.15) is 5.75 Å². The summed E-state index contributed by atoms with van der Waals surface area (Å²) < 4.78 is 32.4. The van der Waals surface area contributed by atoms with Crippen molar-refractivity contribution in [3.8, 4) is 5.75 Å². The lowest BCUT2D eigenvalue weighted by Gasteiger charge is -2.10. The summed E-state index contributed by atoms with van der Waals surface area (Å²) in [4.78, 5) is 11.4. The third kappa shape index (κ3) is 5.77. The lowest BCUT2D eigenvalue weighted by molar-refractivity contribution is -0.123. The number of aliphatic hydroxyl groups excluding tert-OH is 1. The van der Waals surface area contributed by atoms with Gasteiger partial charge in [0.25, 0.3) is 15.9 Å². The number of benzene rings is 2. The van der Waals surface area contributed by atoms with E-state index in [9.17, 15) is 13.2 Å². The highest BCUT2D eigenvalue weighted by molar-refractivity contribution is 7.92. The van der Waals surface area contributed by atoms with Gasteiger partial charge in [0.05, 0.1) is 27.2 Å². The molecule has 3 N–H and O–H groups in total. The molecule has 0 aliphatic carbocycles. The molecule has 0 spiro atoms. The number of nitrogens with one attached hydrogen (secondary N) is 2. The molecule has 0 aliphatic heterocycles. The van der Waals surface area contributed by atoms with E-state index in [1.165, 1.54) is 42.5 Å². The second-order valence-electron chi connectivity index (χ2n) is 5.07. The zero-order valence-corrected chi connectivity index (χ0v) is 15.7. The topological polar surface area (TPSA) is 105 Å². The maximum absolute atomic E-state index is 12.4. The molecule has 1 amide bonds. The van der Waals surface area contributed by atoms with Gasteiger partial charge in [-0.2, -0.15) is 0 Å². The minimum Gasteiger partial charge on any atom is -0.484 e. The Hall–Kier alpha value is -2.00. The summed E-state index contributed by atoms with van der Waals surface area (Å²) in [5, 5.41) is 11.6. The maximum atomic E-state index is 12.4. The molecule has 0 heterocycles.